The van der Waals surface area contributed by atoms with Gasteiger partial charge in [0.2, 0.25) is 17.7 Å². The number of hydrogen-bond acceptors (Lipinski definition) is 5. The number of nitrogens with one attached hydrogen (secondary N) is 3. The summed E-state index contributed by atoms with van der Waals surface area (Å²) in [5.74, 6) is -2.91. The second-order valence-corrected chi connectivity index (χ2v) is 13.6. The Balaban J connectivity index is 1.37. The Morgan fingerprint density at radius 2 is 1.47 bits per heavy atom. The van der Waals surface area contributed by atoms with Crippen molar-refractivity contribution in [3.8, 4) is 0 Å². The predicted octanol–water partition coefficient (Wildman–Crippen LogP) is 5.15. The van der Waals surface area contributed by atoms with Gasteiger partial charge in [0.1, 0.15) is 12.1 Å². The maximum Gasteiger partial charge on any atom is 0.303 e. The molecule has 47 heavy (non-hydrogen) atoms. The van der Waals surface area contributed by atoms with Crippen molar-refractivity contribution < 1.29 is 29.1 Å². The number of aliphatic carboxylic acids is 1. The fourth-order valence-electron chi connectivity index (χ4n) is 6.58. The number of carboxylic acids is 1. The number of rotatable bonds is 15. The highest BCUT2D eigenvalue weighted by atomic mass is 35.5. The average Bonchev–Trinajstić information content (AvgIpc) is 3.50. The molecule has 254 valence electrons. The fraction of sp³-hybridized carbons (Fsp3) is 0.514. The van der Waals surface area contributed by atoms with Gasteiger partial charge in [-0.3, -0.25) is 24.0 Å². The Morgan fingerprint density at radius 1 is 0.830 bits per heavy atom. The smallest absolute Gasteiger partial charge is 0.303 e. The van der Waals surface area contributed by atoms with Crippen LogP contribution in [0.2, 0.25) is 10.0 Å². The molecule has 2 aromatic rings. The first-order valence-electron chi connectivity index (χ1n) is 16.4. The molecule has 4 amide bonds. The van der Waals surface area contributed by atoms with Gasteiger partial charge in [-0.05, 0) is 80.5 Å². The van der Waals surface area contributed by atoms with E-state index < -0.39 is 35.8 Å². The number of carbonyl (C=O) groups is 5. The maximum absolute atomic E-state index is 13.8. The number of nitrogens with zero attached hydrogens (tertiary/aromatic N) is 1. The minimum atomic E-state index is -1.09. The van der Waals surface area contributed by atoms with Gasteiger partial charge in [-0.25, -0.2) is 0 Å². The molecule has 2 atom stereocenters. The van der Waals surface area contributed by atoms with Crippen LogP contribution in [0.1, 0.15) is 86.6 Å². The van der Waals surface area contributed by atoms with Crippen LogP contribution in [0.4, 0.5) is 0 Å². The molecule has 4 rings (SSSR count). The van der Waals surface area contributed by atoms with Crippen molar-refractivity contribution in [3.05, 3.63) is 69.7 Å². The summed E-state index contributed by atoms with van der Waals surface area (Å²) in [6, 6.07) is 12.2. The molecule has 1 spiro atoms. The maximum atomic E-state index is 13.8. The lowest BCUT2D eigenvalue weighted by Gasteiger charge is -2.40. The first kappa shape index (κ1) is 36.2. The number of piperidine rings is 1. The number of likely N-dealkylation sites (tertiary alicyclic amines) is 1. The Labute approximate surface area is 285 Å². The van der Waals surface area contributed by atoms with Gasteiger partial charge in [0.15, 0.2) is 0 Å². The van der Waals surface area contributed by atoms with Gasteiger partial charge in [-0.2, -0.15) is 0 Å². The van der Waals surface area contributed by atoms with Crippen LogP contribution < -0.4 is 16.0 Å². The van der Waals surface area contributed by atoms with E-state index in [9.17, 15) is 29.1 Å². The van der Waals surface area contributed by atoms with E-state index in [1.807, 2.05) is 30.3 Å². The zero-order chi connectivity index (χ0) is 33.8. The van der Waals surface area contributed by atoms with E-state index in [1.165, 1.54) is 43.9 Å². The van der Waals surface area contributed by atoms with E-state index in [1.54, 1.807) is 4.90 Å². The largest absolute Gasteiger partial charge is 0.481 e. The Hall–Kier alpha value is -3.63. The van der Waals surface area contributed by atoms with Gasteiger partial charge in [-0.15, -0.1) is 0 Å². The van der Waals surface area contributed by atoms with E-state index >= 15 is 0 Å². The number of halogens is 2. The van der Waals surface area contributed by atoms with Crippen LogP contribution in [0.25, 0.3) is 0 Å². The Bertz CT molecular complexity index is 1390. The molecule has 4 N–H and O–H groups in total. The zero-order valence-electron chi connectivity index (χ0n) is 26.6. The number of amides is 4. The zero-order valence-corrected chi connectivity index (χ0v) is 28.1. The third-order valence-corrected chi connectivity index (χ3v) is 9.71. The molecule has 0 bridgehead atoms. The normalized spacial score (nSPS) is 16.7. The van der Waals surface area contributed by atoms with E-state index in [0.717, 1.165) is 24.8 Å². The molecule has 1 heterocycles. The van der Waals surface area contributed by atoms with Crippen LogP contribution in [-0.2, 0) is 25.6 Å². The number of aryl methyl sites for hydroxylation is 1. The van der Waals surface area contributed by atoms with Crippen LogP contribution in [0.15, 0.2) is 48.5 Å². The van der Waals surface area contributed by atoms with Gasteiger partial charge in [0.05, 0.1) is 0 Å². The lowest BCUT2D eigenvalue weighted by molar-refractivity contribution is -0.138. The van der Waals surface area contributed by atoms with Gasteiger partial charge >= 0.3 is 5.97 Å². The fourth-order valence-corrected chi connectivity index (χ4v) is 7.11. The predicted molar refractivity (Wildman–Crippen MR) is 180 cm³/mol. The number of hydrogen-bond donors (Lipinski definition) is 4. The van der Waals surface area contributed by atoms with Crippen molar-refractivity contribution in [1.82, 2.24) is 20.9 Å². The van der Waals surface area contributed by atoms with Crippen molar-refractivity contribution in [2.75, 3.05) is 19.6 Å². The Kier molecular flexibility index (Phi) is 13.5. The highest BCUT2D eigenvalue weighted by molar-refractivity contribution is 6.35. The quantitative estimate of drug-likeness (QED) is 0.191. The van der Waals surface area contributed by atoms with E-state index in [4.69, 9.17) is 23.2 Å². The monoisotopic (exact) mass is 686 g/mol. The van der Waals surface area contributed by atoms with Crippen LogP contribution in [0.3, 0.4) is 0 Å². The number of carbonyl (C=O) groups excluding carboxylic acids is 4. The second-order valence-electron chi connectivity index (χ2n) is 12.7. The van der Waals surface area contributed by atoms with Crippen molar-refractivity contribution in [2.45, 2.75) is 89.1 Å². The standard InChI is InChI=1S/C35H44Cl2N4O6/c36-26-21-25(22-27(37)23-26)32(45)40-29(34(47)41-19-16-35(17-20-41)14-4-5-15-35)10-12-30(42)39-28(11-13-31(43)44)33(46)38-18-6-9-24-7-2-1-3-8-24/h1-3,7-8,21-23,28-29H,4-6,9-20H2,(H,38,46)(H,39,42)(H,40,45)(H,43,44)/t28-,29-/m1/s1. The molecule has 2 aliphatic rings. The summed E-state index contributed by atoms with van der Waals surface area (Å²) < 4.78 is 0. The summed E-state index contributed by atoms with van der Waals surface area (Å²) in [5.41, 5.74) is 1.61. The molecular formula is C35H44Cl2N4O6. The second kappa shape index (κ2) is 17.5. The SMILES string of the molecule is O=C(O)CC[C@@H](NC(=O)CC[C@@H](NC(=O)c1cc(Cl)cc(Cl)c1)C(=O)N1CCC2(CCCC2)CC1)C(=O)NCCCc1ccccc1. The molecule has 2 aromatic carbocycles. The van der Waals surface area contributed by atoms with Gasteiger partial charge in [0.25, 0.3) is 5.91 Å². The van der Waals surface area contributed by atoms with Crippen LogP contribution in [0, 0.1) is 5.41 Å². The summed E-state index contributed by atoms with van der Waals surface area (Å²) in [7, 11) is 0. The third kappa shape index (κ3) is 11.2. The molecule has 0 unspecified atom stereocenters. The molecule has 12 heteroatoms. The summed E-state index contributed by atoms with van der Waals surface area (Å²) in [6.07, 6.45) is 7.45. The van der Waals surface area contributed by atoms with E-state index in [0.29, 0.717) is 31.5 Å². The topological polar surface area (TPSA) is 145 Å². The van der Waals surface area contributed by atoms with Crippen LogP contribution >= 0.6 is 23.2 Å². The van der Waals surface area contributed by atoms with E-state index in [2.05, 4.69) is 16.0 Å². The molecule has 0 aromatic heterocycles. The minimum Gasteiger partial charge on any atom is -0.481 e. The average molecular weight is 688 g/mol. The molecule has 1 saturated carbocycles. The number of benzene rings is 2. The molecule has 0 radical (unpaired) electrons. The minimum absolute atomic E-state index is 0.0172. The molecule has 1 aliphatic heterocycles. The van der Waals surface area contributed by atoms with Crippen molar-refractivity contribution in [3.63, 3.8) is 0 Å². The van der Waals surface area contributed by atoms with Crippen molar-refractivity contribution in [2.24, 2.45) is 5.41 Å². The summed E-state index contributed by atoms with van der Waals surface area (Å²) in [6.45, 7) is 1.53. The molecule has 1 saturated heterocycles. The van der Waals surface area contributed by atoms with Gasteiger partial charge < -0.3 is 26.0 Å². The molecule has 2 fully saturated rings. The van der Waals surface area contributed by atoms with Crippen molar-refractivity contribution in [1.29, 1.82) is 0 Å². The molecule has 1 aliphatic carbocycles. The van der Waals surface area contributed by atoms with E-state index in [-0.39, 0.29) is 47.2 Å². The van der Waals surface area contributed by atoms with Crippen LogP contribution in [0.5, 0.6) is 0 Å². The summed E-state index contributed by atoms with van der Waals surface area (Å²) in [5, 5.41) is 18.0. The first-order chi connectivity index (χ1) is 22.5. The lowest BCUT2D eigenvalue weighted by Crippen LogP contribution is -2.52. The summed E-state index contributed by atoms with van der Waals surface area (Å²) >= 11 is 12.2. The van der Waals surface area contributed by atoms with Gasteiger partial charge in [-0.1, -0.05) is 66.4 Å². The number of carboxylic acid groups (broad SMARTS) is 1. The highest BCUT2D eigenvalue weighted by Crippen LogP contribution is 2.46. The first-order valence-corrected chi connectivity index (χ1v) is 17.2. The Morgan fingerprint density at radius 3 is 2.11 bits per heavy atom. The third-order valence-electron chi connectivity index (χ3n) is 9.27. The molecular weight excluding hydrogens is 643 g/mol. The molecule has 10 nitrogen and oxygen atoms in total. The summed E-state index contributed by atoms with van der Waals surface area (Å²) in [4.78, 5) is 66.1. The highest BCUT2D eigenvalue weighted by Gasteiger charge is 2.39. The van der Waals surface area contributed by atoms with Crippen molar-refractivity contribution >= 4 is 52.8 Å². The van der Waals surface area contributed by atoms with Gasteiger partial charge in [0, 0.05) is 48.1 Å². The lowest BCUT2D eigenvalue weighted by atomic mass is 9.77. The van der Waals surface area contributed by atoms with Crippen LogP contribution in [-0.4, -0.2) is 71.3 Å².